The maximum Gasteiger partial charge on any atom is 0.191 e. The Morgan fingerprint density at radius 2 is 1.84 bits per heavy atom. The number of guanidine groups is 1. The number of halogens is 2. The lowest BCUT2D eigenvalue weighted by Crippen LogP contribution is -2.38. The zero-order valence-electron chi connectivity index (χ0n) is 14.6. The lowest BCUT2D eigenvalue weighted by Gasteiger charge is -2.14. The van der Waals surface area contributed by atoms with Crippen molar-refractivity contribution in [1.82, 2.24) is 10.6 Å². The molecule has 0 bridgehead atoms. The minimum absolute atomic E-state index is 0. The van der Waals surface area contributed by atoms with Crippen LogP contribution in [0.1, 0.15) is 16.7 Å². The van der Waals surface area contributed by atoms with Crippen LogP contribution in [0.2, 0.25) is 0 Å². The minimum Gasteiger partial charge on any atom is -0.356 e. The van der Waals surface area contributed by atoms with E-state index in [-0.39, 0.29) is 29.8 Å². The molecule has 0 fully saturated rings. The normalized spacial score (nSPS) is 10.9. The van der Waals surface area contributed by atoms with Gasteiger partial charge in [0.25, 0.3) is 0 Å². The highest BCUT2D eigenvalue weighted by Gasteiger charge is 2.05. The predicted molar refractivity (Wildman–Crippen MR) is 117 cm³/mol. The van der Waals surface area contributed by atoms with Crippen molar-refractivity contribution in [3.8, 4) is 0 Å². The summed E-state index contributed by atoms with van der Waals surface area (Å²) in [5.41, 5.74) is 3.41. The number of rotatable bonds is 7. The van der Waals surface area contributed by atoms with Crippen molar-refractivity contribution in [1.29, 1.82) is 0 Å². The molecule has 25 heavy (non-hydrogen) atoms. The first-order valence-corrected chi connectivity index (χ1v) is 9.37. The van der Waals surface area contributed by atoms with Gasteiger partial charge in [0, 0.05) is 25.9 Å². The number of benzene rings is 2. The summed E-state index contributed by atoms with van der Waals surface area (Å²) in [5.74, 6) is 1.37. The maximum absolute atomic E-state index is 13.4. The second-order valence-electron chi connectivity index (χ2n) is 5.43. The van der Waals surface area contributed by atoms with Gasteiger partial charge in [0.05, 0.1) is 0 Å². The number of nitrogens with zero attached hydrogens (tertiary/aromatic N) is 1. The summed E-state index contributed by atoms with van der Waals surface area (Å²) in [4.78, 5) is 4.24. The number of nitrogens with one attached hydrogen (secondary N) is 2. The van der Waals surface area contributed by atoms with Crippen LogP contribution in [0.25, 0.3) is 0 Å². The average molecular weight is 473 g/mol. The van der Waals surface area contributed by atoms with Gasteiger partial charge in [-0.1, -0.05) is 36.4 Å². The van der Waals surface area contributed by atoms with Gasteiger partial charge in [0.1, 0.15) is 5.82 Å². The SMILES string of the molecule is CN=C(NCCc1ccccc1)NCc1ccc(F)cc1CSC.I. The molecule has 0 amide bonds. The third kappa shape index (κ3) is 7.64. The molecule has 0 aliphatic carbocycles. The average Bonchev–Trinajstić information content (AvgIpc) is 2.60. The van der Waals surface area contributed by atoms with Crippen LogP contribution in [-0.2, 0) is 18.7 Å². The first-order valence-electron chi connectivity index (χ1n) is 7.97. The van der Waals surface area contributed by atoms with Crippen LogP contribution in [0.15, 0.2) is 53.5 Å². The molecule has 2 aromatic carbocycles. The Morgan fingerprint density at radius 3 is 2.52 bits per heavy atom. The first-order chi connectivity index (χ1) is 11.7. The lowest BCUT2D eigenvalue weighted by atomic mass is 10.1. The molecule has 0 heterocycles. The second-order valence-corrected chi connectivity index (χ2v) is 6.30. The largest absolute Gasteiger partial charge is 0.356 e. The third-order valence-corrected chi connectivity index (χ3v) is 4.29. The zero-order valence-corrected chi connectivity index (χ0v) is 17.7. The van der Waals surface area contributed by atoms with E-state index >= 15 is 0 Å². The summed E-state index contributed by atoms with van der Waals surface area (Å²) < 4.78 is 13.4. The third-order valence-electron chi connectivity index (χ3n) is 3.69. The van der Waals surface area contributed by atoms with Crippen molar-refractivity contribution in [2.75, 3.05) is 19.8 Å². The predicted octanol–water partition coefficient (Wildman–Crippen LogP) is 4.21. The molecule has 0 spiro atoms. The highest BCUT2D eigenvalue weighted by molar-refractivity contribution is 14.0. The Morgan fingerprint density at radius 1 is 1.08 bits per heavy atom. The van der Waals surface area contributed by atoms with E-state index < -0.39 is 0 Å². The topological polar surface area (TPSA) is 36.4 Å². The van der Waals surface area contributed by atoms with E-state index in [9.17, 15) is 4.39 Å². The maximum atomic E-state index is 13.4. The summed E-state index contributed by atoms with van der Waals surface area (Å²) in [5, 5.41) is 6.61. The van der Waals surface area contributed by atoms with E-state index in [4.69, 9.17) is 0 Å². The van der Waals surface area contributed by atoms with Gasteiger partial charge in [0.15, 0.2) is 5.96 Å². The molecule has 2 N–H and O–H groups in total. The van der Waals surface area contributed by atoms with Crippen molar-refractivity contribution in [3.63, 3.8) is 0 Å². The summed E-state index contributed by atoms with van der Waals surface area (Å²) >= 11 is 1.69. The molecule has 3 nitrogen and oxygen atoms in total. The number of aliphatic imine (C=N–C) groups is 1. The lowest BCUT2D eigenvalue weighted by molar-refractivity contribution is 0.625. The molecular formula is C19H25FIN3S. The molecule has 2 aromatic rings. The van der Waals surface area contributed by atoms with Gasteiger partial charge >= 0.3 is 0 Å². The fourth-order valence-electron chi connectivity index (χ4n) is 2.43. The zero-order chi connectivity index (χ0) is 17.2. The Labute approximate surface area is 170 Å². The molecule has 0 aliphatic heterocycles. The molecule has 0 saturated carbocycles. The van der Waals surface area contributed by atoms with Crippen LogP contribution < -0.4 is 10.6 Å². The Kier molecular flexibility index (Phi) is 10.6. The number of hydrogen-bond acceptors (Lipinski definition) is 2. The van der Waals surface area contributed by atoms with Crippen LogP contribution in [-0.4, -0.2) is 25.8 Å². The standard InChI is InChI=1S/C19H24FN3S.HI/c1-21-19(22-11-10-15-6-4-3-5-7-15)23-13-16-8-9-18(20)12-17(16)14-24-2;/h3-9,12H,10-11,13-14H2,1-2H3,(H2,21,22,23);1H. The van der Waals surface area contributed by atoms with E-state index in [1.165, 1.54) is 11.6 Å². The molecule has 0 radical (unpaired) electrons. The highest BCUT2D eigenvalue weighted by atomic mass is 127. The number of hydrogen-bond donors (Lipinski definition) is 2. The fourth-order valence-corrected chi connectivity index (χ4v) is 3.01. The minimum atomic E-state index is -0.187. The molecule has 0 atom stereocenters. The van der Waals surface area contributed by atoms with Gasteiger partial charge < -0.3 is 10.6 Å². The van der Waals surface area contributed by atoms with E-state index in [1.807, 2.05) is 30.5 Å². The van der Waals surface area contributed by atoms with Gasteiger partial charge in [-0.25, -0.2) is 4.39 Å². The second kappa shape index (κ2) is 12.1. The van der Waals surface area contributed by atoms with Crippen molar-refractivity contribution in [3.05, 3.63) is 71.0 Å². The molecule has 6 heteroatoms. The van der Waals surface area contributed by atoms with Crippen LogP contribution in [0.5, 0.6) is 0 Å². The van der Waals surface area contributed by atoms with Gasteiger partial charge in [0.2, 0.25) is 0 Å². The van der Waals surface area contributed by atoms with Gasteiger partial charge in [-0.3, -0.25) is 4.99 Å². The molecule has 136 valence electrons. The quantitative estimate of drug-likeness (QED) is 0.359. The van der Waals surface area contributed by atoms with Gasteiger partial charge in [-0.05, 0) is 41.5 Å². The molecule has 0 saturated heterocycles. The van der Waals surface area contributed by atoms with Crippen LogP contribution in [0.3, 0.4) is 0 Å². The van der Waals surface area contributed by atoms with Gasteiger partial charge in [-0.15, -0.1) is 24.0 Å². The molecule has 0 unspecified atom stereocenters. The fraction of sp³-hybridized carbons (Fsp3) is 0.316. The van der Waals surface area contributed by atoms with Crippen LogP contribution >= 0.6 is 35.7 Å². The van der Waals surface area contributed by atoms with Crippen molar-refractivity contribution < 1.29 is 4.39 Å². The van der Waals surface area contributed by atoms with Gasteiger partial charge in [-0.2, -0.15) is 11.8 Å². The molecule has 0 aromatic heterocycles. The van der Waals surface area contributed by atoms with Crippen molar-refractivity contribution in [2.45, 2.75) is 18.7 Å². The summed E-state index contributed by atoms with van der Waals surface area (Å²) in [7, 11) is 1.76. The summed E-state index contributed by atoms with van der Waals surface area (Å²) in [6.45, 7) is 1.44. The summed E-state index contributed by atoms with van der Waals surface area (Å²) in [6.07, 6.45) is 2.96. The Hall–Kier alpha value is -1.28. The molecule has 2 rings (SSSR count). The van der Waals surface area contributed by atoms with Crippen molar-refractivity contribution in [2.24, 2.45) is 4.99 Å². The van der Waals surface area contributed by atoms with E-state index in [1.54, 1.807) is 24.9 Å². The Bertz CT molecular complexity index is 665. The van der Waals surface area contributed by atoms with E-state index in [0.717, 1.165) is 35.8 Å². The molecular weight excluding hydrogens is 448 g/mol. The Balaban J connectivity index is 0.00000312. The van der Waals surface area contributed by atoms with Crippen LogP contribution in [0, 0.1) is 5.82 Å². The first kappa shape index (κ1) is 21.8. The highest BCUT2D eigenvalue weighted by Crippen LogP contribution is 2.16. The van der Waals surface area contributed by atoms with E-state index in [2.05, 4.69) is 27.8 Å². The van der Waals surface area contributed by atoms with E-state index in [0.29, 0.717) is 6.54 Å². The van der Waals surface area contributed by atoms with Crippen molar-refractivity contribution >= 4 is 41.7 Å². The molecule has 0 aliphatic rings. The summed E-state index contributed by atoms with van der Waals surface area (Å²) in [6, 6.07) is 15.3. The number of thioether (sulfide) groups is 1. The smallest absolute Gasteiger partial charge is 0.191 e. The monoisotopic (exact) mass is 473 g/mol. The van der Waals surface area contributed by atoms with Crippen LogP contribution in [0.4, 0.5) is 4.39 Å².